The van der Waals surface area contributed by atoms with Crippen LogP contribution < -0.4 is 10.6 Å². The maximum absolute atomic E-state index is 11.6. The molecule has 0 heterocycles. The van der Waals surface area contributed by atoms with Crippen molar-refractivity contribution in [2.24, 2.45) is 0 Å². The predicted octanol–water partition coefficient (Wildman–Crippen LogP) is 2.39. The molecule has 0 saturated carbocycles. The molecule has 0 unspecified atom stereocenters. The summed E-state index contributed by atoms with van der Waals surface area (Å²) < 4.78 is 0. The summed E-state index contributed by atoms with van der Waals surface area (Å²) in [5.41, 5.74) is 2.43. The minimum atomic E-state index is 0.0663. The van der Waals surface area contributed by atoms with E-state index in [-0.39, 0.29) is 11.4 Å². The molecule has 1 aromatic rings. The molecule has 0 saturated heterocycles. The van der Waals surface area contributed by atoms with E-state index in [0.717, 1.165) is 5.56 Å². The fourth-order valence-corrected chi connectivity index (χ4v) is 1.66. The van der Waals surface area contributed by atoms with Crippen molar-refractivity contribution in [2.75, 3.05) is 6.54 Å². The summed E-state index contributed by atoms with van der Waals surface area (Å²) >= 11 is 0. The van der Waals surface area contributed by atoms with Crippen LogP contribution in [0.2, 0.25) is 0 Å². The van der Waals surface area contributed by atoms with Crippen molar-refractivity contribution in [3.63, 3.8) is 0 Å². The molecule has 18 heavy (non-hydrogen) atoms. The Hall–Kier alpha value is -1.35. The zero-order valence-electron chi connectivity index (χ0n) is 11.8. The maximum Gasteiger partial charge on any atom is 0.221 e. The molecular formula is C15H24N2O. The van der Waals surface area contributed by atoms with Crippen LogP contribution in [-0.2, 0) is 11.3 Å². The van der Waals surface area contributed by atoms with Gasteiger partial charge < -0.3 is 10.6 Å². The minimum Gasteiger partial charge on any atom is -0.352 e. The van der Waals surface area contributed by atoms with Gasteiger partial charge in [-0.05, 0) is 33.3 Å². The van der Waals surface area contributed by atoms with E-state index in [1.54, 1.807) is 0 Å². The van der Waals surface area contributed by atoms with Gasteiger partial charge in [-0.1, -0.05) is 29.8 Å². The molecule has 0 radical (unpaired) electrons. The second-order valence-electron chi connectivity index (χ2n) is 5.69. The van der Waals surface area contributed by atoms with Crippen molar-refractivity contribution in [3.8, 4) is 0 Å². The predicted molar refractivity (Wildman–Crippen MR) is 75.4 cm³/mol. The number of nitrogens with one attached hydrogen (secondary N) is 2. The standard InChI is InChI=1S/C15H24N2O/c1-12-6-5-7-13(10-12)11-16-14(18)8-9-17-15(2,3)4/h5-7,10,17H,8-9,11H2,1-4H3,(H,16,18). The third-order valence-corrected chi connectivity index (χ3v) is 2.58. The van der Waals surface area contributed by atoms with E-state index in [1.165, 1.54) is 5.56 Å². The molecule has 0 spiro atoms. The zero-order valence-corrected chi connectivity index (χ0v) is 11.8. The molecule has 100 valence electrons. The Kier molecular flexibility index (Phi) is 5.35. The zero-order chi connectivity index (χ0) is 13.6. The molecule has 0 aliphatic heterocycles. The average Bonchev–Trinajstić information content (AvgIpc) is 2.25. The molecule has 1 rings (SSSR count). The van der Waals surface area contributed by atoms with Crippen molar-refractivity contribution < 1.29 is 4.79 Å². The number of aryl methyl sites for hydroxylation is 1. The van der Waals surface area contributed by atoms with E-state index >= 15 is 0 Å². The minimum absolute atomic E-state index is 0.0663. The van der Waals surface area contributed by atoms with Crippen molar-refractivity contribution in [1.82, 2.24) is 10.6 Å². The number of carbonyl (C=O) groups excluding carboxylic acids is 1. The highest BCUT2D eigenvalue weighted by atomic mass is 16.1. The monoisotopic (exact) mass is 248 g/mol. The van der Waals surface area contributed by atoms with Gasteiger partial charge in [-0.2, -0.15) is 0 Å². The lowest BCUT2D eigenvalue weighted by molar-refractivity contribution is -0.121. The van der Waals surface area contributed by atoms with Gasteiger partial charge in [0, 0.05) is 25.0 Å². The Balaban J connectivity index is 2.25. The van der Waals surface area contributed by atoms with Crippen LogP contribution in [0.1, 0.15) is 38.3 Å². The molecular weight excluding hydrogens is 224 g/mol. The van der Waals surface area contributed by atoms with Gasteiger partial charge in [0.05, 0.1) is 0 Å². The van der Waals surface area contributed by atoms with E-state index in [0.29, 0.717) is 19.5 Å². The van der Waals surface area contributed by atoms with Gasteiger partial charge >= 0.3 is 0 Å². The number of amides is 1. The van der Waals surface area contributed by atoms with Gasteiger partial charge in [-0.25, -0.2) is 0 Å². The van der Waals surface area contributed by atoms with Gasteiger partial charge in [0.1, 0.15) is 0 Å². The van der Waals surface area contributed by atoms with Crippen molar-refractivity contribution in [2.45, 2.75) is 46.2 Å². The first-order chi connectivity index (χ1) is 8.37. The number of carbonyl (C=O) groups is 1. The first kappa shape index (κ1) is 14.7. The van der Waals surface area contributed by atoms with E-state index < -0.39 is 0 Å². The fourth-order valence-electron chi connectivity index (χ4n) is 1.66. The topological polar surface area (TPSA) is 41.1 Å². The SMILES string of the molecule is Cc1cccc(CNC(=O)CCNC(C)(C)C)c1. The van der Waals surface area contributed by atoms with Crippen LogP contribution in [-0.4, -0.2) is 18.0 Å². The Morgan fingerprint density at radius 2 is 2.00 bits per heavy atom. The van der Waals surface area contributed by atoms with Crippen molar-refractivity contribution in [1.29, 1.82) is 0 Å². The summed E-state index contributed by atoms with van der Waals surface area (Å²) in [6.45, 7) is 9.66. The van der Waals surface area contributed by atoms with Gasteiger partial charge in [-0.15, -0.1) is 0 Å². The summed E-state index contributed by atoms with van der Waals surface area (Å²) in [4.78, 5) is 11.6. The molecule has 0 bridgehead atoms. The van der Waals surface area contributed by atoms with Crippen LogP contribution in [0.25, 0.3) is 0 Å². The molecule has 0 fully saturated rings. The van der Waals surface area contributed by atoms with E-state index in [1.807, 2.05) is 12.1 Å². The summed E-state index contributed by atoms with van der Waals surface area (Å²) in [5.74, 6) is 0.0910. The summed E-state index contributed by atoms with van der Waals surface area (Å²) in [6.07, 6.45) is 0.517. The van der Waals surface area contributed by atoms with Crippen molar-refractivity contribution in [3.05, 3.63) is 35.4 Å². The van der Waals surface area contributed by atoms with Crippen LogP contribution in [0.15, 0.2) is 24.3 Å². The van der Waals surface area contributed by atoms with Crippen LogP contribution >= 0.6 is 0 Å². The lowest BCUT2D eigenvalue weighted by atomic mass is 10.1. The van der Waals surface area contributed by atoms with Gasteiger partial charge in [0.15, 0.2) is 0 Å². The molecule has 3 heteroatoms. The molecule has 0 atom stereocenters. The quantitative estimate of drug-likeness (QED) is 0.840. The number of hydrogen-bond donors (Lipinski definition) is 2. The number of rotatable bonds is 5. The Morgan fingerprint density at radius 3 is 2.61 bits per heavy atom. The highest BCUT2D eigenvalue weighted by Crippen LogP contribution is 2.03. The third-order valence-electron chi connectivity index (χ3n) is 2.58. The smallest absolute Gasteiger partial charge is 0.221 e. The number of hydrogen-bond acceptors (Lipinski definition) is 2. The Morgan fingerprint density at radius 1 is 1.28 bits per heavy atom. The van der Waals surface area contributed by atoms with E-state index in [2.05, 4.69) is 50.5 Å². The van der Waals surface area contributed by atoms with E-state index in [9.17, 15) is 4.79 Å². The normalized spacial score (nSPS) is 11.3. The van der Waals surface area contributed by atoms with Gasteiger partial charge in [0.25, 0.3) is 0 Å². The molecule has 0 aromatic heterocycles. The molecule has 1 aromatic carbocycles. The van der Waals surface area contributed by atoms with Crippen LogP contribution in [0, 0.1) is 6.92 Å². The first-order valence-electron chi connectivity index (χ1n) is 6.44. The van der Waals surface area contributed by atoms with E-state index in [4.69, 9.17) is 0 Å². The second-order valence-corrected chi connectivity index (χ2v) is 5.69. The Labute approximate surface area is 110 Å². The summed E-state index contributed by atoms with van der Waals surface area (Å²) in [7, 11) is 0. The highest BCUT2D eigenvalue weighted by molar-refractivity contribution is 5.76. The van der Waals surface area contributed by atoms with Crippen molar-refractivity contribution >= 4 is 5.91 Å². The average molecular weight is 248 g/mol. The largest absolute Gasteiger partial charge is 0.352 e. The second kappa shape index (κ2) is 6.55. The maximum atomic E-state index is 11.6. The third kappa shape index (κ3) is 6.40. The van der Waals surface area contributed by atoms with Crippen LogP contribution in [0.3, 0.4) is 0 Å². The molecule has 2 N–H and O–H groups in total. The molecule has 1 amide bonds. The molecule has 3 nitrogen and oxygen atoms in total. The summed E-state index contributed by atoms with van der Waals surface area (Å²) in [5, 5.41) is 6.23. The number of benzene rings is 1. The Bertz CT molecular complexity index is 394. The molecule has 0 aliphatic rings. The highest BCUT2D eigenvalue weighted by Gasteiger charge is 2.09. The lowest BCUT2D eigenvalue weighted by Crippen LogP contribution is -2.38. The first-order valence-corrected chi connectivity index (χ1v) is 6.44. The summed E-state index contributed by atoms with van der Waals surface area (Å²) in [6, 6.07) is 8.19. The van der Waals surface area contributed by atoms with Gasteiger partial charge in [0.2, 0.25) is 5.91 Å². The fraction of sp³-hybridized carbons (Fsp3) is 0.533. The van der Waals surface area contributed by atoms with Crippen LogP contribution in [0.5, 0.6) is 0 Å². The lowest BCUT2D eigenvalue weighted by Gasteiger charge is -2.20. The van der Waals surface area contributed by atoms with Gasteiger partial charge in [-0.3, -0.25) is 4.79 Å². The molecule has 0 aliphatic carbocycles. The van der Waals surface area contributed by atoms with Crippen LogP contribution in [0.4, 0.5) is 0 Å².